The lowest BCUT2D eigenvalue weighted by molar-refractivity contribution is 0.450. The van der Waals surface area contributed by atoms with Crippen LogP contribution in [0.25, 0.3) is 10.9 Å². The van der Waals surface area contributed by atoms with E-state index in [1.165, 1.54) is 0 Å². The monoisotopic (exact) mass is 282 g/mol. The van der Waals surface area contributed by atoms with Crippen molar-refractivity contribution in [3.8, 4) is 5.75 Å². The molecule has 3 N–H and O–H groups in total. The van der Waals surface area contributed by atoms with Crippen molar-refractivity contribution in [1.29, 1.82) is 0 Å². The lowest BCUT2D eigenvalue weighted by Gasteiger charge is -2.23. The molecular formula is C17H18N2O2. The second-order valence-electron chi connectivity index (χ2n) is 5.85. The summed E-state index contributed by atoms with van der Waals surface area (Å²) in [5, 5.41) is 14.9. The van der Waals surface area contributed by atoms with Crippen LogP contribution >= 0.6 is 0 Å². The van der Waals surface area contributed by atoms with Crippen molar-refractivity contribution in [2.45, 2.75) is 31.7 Å². The van der Waals surface area contributed by atoms with Gasteiger partial charge in [0.05, 0.1) is 0 Å². The molecule has 21 heavy (non-hydrogen) atoms. The van der Waals surface area contributed by atoms with Crippen molar-refractivity contribution < 1.29 is 5.11 Å². The number of rotatable bonds is 1. The number of aromatic hydroxyl groups is 1. The van der Waals surface area contributed by atoms with Crippen molar-refractivity contribution in [3.63, 3.8) is 0 Å². The first-order chi connectivity index (χ1) is 10.3. The number of phenolic OH excluding ortho intramolecular Hbond substituents is 1. The van der Waals surface area contributed by atoms with E-state index < -0.39 is 0 Å². The SMILES string of the molecule is O=c1[nH]c2ccc(O)c(C3CC=CCN3)c2c2c1CCC2. The van der Waals surface area contributed by atoms with Crippen LogP contribution in [0.2, 0.25) is 0 Å². The lowest BCUT2D eigenvalue weighted by Crippen LogP contribution is -2.25. The van der Waals surface area contributed by atoms with Gasteiger partial charge in [-0.1, -0.05) is 12.2 Å². The Hall–Kier alpha value is -2.07. The van der Waals surface area contributed by atoms with Crippen LogP contribution in [0.1, 0.15) is 35.6 Å². The molecule has 1 aromatic heterocycles. The van der Waals surface area contributed by atoms with Crippen molar-refractivity contribution in [2.75, 3.05) is 6.54 Å². The highest BCUT2D eigenvalue weighted by Crippen LogP contribution is 2.38. The van der Waals surface area contributed by atoms with Crippen molar-refractivity contribution in [1.82, 2.24) is 10.3 Å². The van der Waals surface area contributed by atoms with E-state index >= 15 is 0 Å². The van der Waals surface area contributed by atoms with Crippen LogP contribution in [0.5, 0.6) is 5.75 Å². The minimum atomic E-state index is 0.0307. The van der Waals surface area contributed by atoms with E-state index in [-0.39, 0.29) is 11.6 Å². The number of nitrogens with one attached hydrogen (secondary N) is 2. The van der Waals surface area contributed by atoms with Crippen LogP contribution in [0.3, 0.4) is 0 Å². The predicted molar refractivity (Wildman–Crippen MR) is 82.8 cm³/mol. The zero-order valence-electron chi connectivity index (χ0n) is 11.8. The van der Waals surface area contributed by atoms with Gasteiger partial charge in [-0.3, -0.25) is 4.79 Å². The number of benzene rings is 1. The summed E-state index contributed by atoms with van der Waals surface area (Å²) < 4.78 is 0. The van der Waals surface area contributed by atoms with Crippen LogP contribution in [-0.4, -0.2) is 16.6 Å². The molecule has 108 valence electrons. The maximum absolute atomic E-state index is 12.2. The van der Waals surface area contributed by atoms with Gasteiger partial charge in [0.2, 0.25) is 0 Å². The van der Waals surface area contributed by atoms with Crippen LogP contribution in [-0.2, 0) is 12.8 Å². The number of hydrogen-bond acceptors (Lipinski definition) is 3. The molecule has 0 bridgehead atoms. The summed E-state index contributed by atoms with van der Waals surface area (Å²) in [6, 6.07) is 3.61. The molecule has 4 nitrogen and oxygen atoms in total. The van der Waals surface area contributed by atoms with Gasteiger partial charge in [-0.15, -0.1) is 0 Å². The second kappa shape index (κ2) is 4.74. The Balaban J connectivity index is 2.05. The Morgan fingerprint density at radius 2 is 2.00 bits per heavy atom. The number of aromatic amines is 1. The topological polar surface area (TPSA) is 65.1 Å². The highest BCUT2D eigenvalue weighted by Gasteiger charge is 2.25. The first-order valence-corrected chi connectivity index (χ1v) is 7.53. The quantitative estimate of drug-likeness (QED) is 0.703. The third kappa shape index (κ3) is 1.90. The van der Waals surface area contributed by atoms with Gasteiger partial charge >= 0.3 is 0 Å². The number of H-pyrrole nitrogens is 1. The van der Waals surface area contributed by atoms with Crippen molar-refractivity contribution in [2.24, 2.45) is 0 Å². The first kappa shape index (κ1) is 12.7. The zero-order valence-corrected chi connectivity index (χ0v) is 11.8. The highest BCUT2D eigenvalue weighted by atomic mass is 16.3. The van der Waals surface area contributed by atoms with E-state index in [4.69, 9.17) is 0 Å². The minimum absolute atomic E-state index is 0.0307. The lowest BCUT2D eigenvalue weighted by atomic mass is 9.92. The van der Waals surface area contributed by atoms with Crippen molar-refractivity contribution in [3.05, 3.63) is 51.3 Å². The second-order valence-corrected chi connectivity index (χ2v) is 5.85. The van der Waals surface area contributed by atoms with Gasteiger partial charge in [-0.2, -0.15) is 0 Å². The first-order valence-electron chi connectivity index (χ1n) is 7.53. The largest absolute Gasteiger partial charge is 0.508 e. The molecule has 0 saturated heterocycles. The fourth-order valence-electron chi connectivity index (χ4n) is 3.69. The van der Waals surface area contributed by atoms with E-state index in [1.54, 1.807) is 6.07 Å². The summed E-state index contributed by atoms with van der Waals surface area (Å²) >= 11 is 0. The van der Waals surface area contributed by atoms with E-state index in [0.717, 1.165) is 59.8 Å². The standard InChI is InChI=1S/C17H18N2O2/c20-14-8-7-13-15(16(14)12-6-1-2-9-18-12)10-4-3-5-11(10)17(21)19-13/h1-2,7-8,12,18,20H,3-6,9H2,(H,19,21). The van der Waals surface area contributed by atoms with Gasteiger partial charge in [-0.05, 0) is 43.4 Å². The number of hydrogen-bond donors (Lipinski definition) is 3. The van der Waals surface area contributed by atoms with Crippen LogP contribution < -0.4 is 10.9 Å². The Morgan fingerprint density at radius 3 is 2.81 bits per heavy atom. The smallest absolute Gasteiger partial charge is 0.251 e. The Labute approximate surface area is 122 Å². The molecule has 1 aliphatic heterocycles. The highest BCUT2D eigenvalue weighted by molar-refractivity contribution is 5.89. The molecule has 1 unspecified atom stereocenters. The third-order valence-electron chi connectivity index (χ3n) is 4.63. The van der Waals surface area contributed by atoms with Gasteiger partial charge in [0.25, 0.3) is 5.56 Å². The van der Waals surface area contributed by atoms with Gasteiger partial charge in [-0.25, -0.2) is 0 Å². The van der Waals surface area contributed by atoms with Crippen LogP contribution in [0.15, 0.2) is 29.1 Å². The molecule has 0 fully saturated rings. The zero-order chi connectivity index (χ0) is 14.4. The molecule has 1 atom stereocenters. The number of fused-ring (bicyclic) bond motifs is 3. The maximum atomic E-state index is 12.2. The number of aryl methyl sites for hydroxylation is 1. The van der Waals surface area contributed by atoms with Crippen LogP contribution in [0.4, 0.5) is 0 Å². The molecule has 0 amide bonds. The van der Waals surface area contributed by atoms with Crippen LogP contribution in [0, 0.1) is 0 Å². The summed E-state index contributed by atoms with van der Waals surface area (Å²) in [5.74, 6) is 0.316. The number of aromatic nitrogens is 1. The van der Waals surface area contributed by atoms with Gasteiger partial charge in [0.1, 0.15) is 5.75 Å². The average Bonchev–Trinajstić information content (AvgIpc) is 2.99. The van der Waals surface area contributed by atoms with E-state index in [0.29, 0.717) is 5.75 Å². The summed E-state index contributed by atoms with van der Waals surface area (Å²) in [6.45, 7) is 0.812. The predicted octanol–water partition coefficient (Wildman–Crippen LogP) is 2.31. The fraction of sp³-hybridized carbons (Fsp3) is 0.353. The normalized spacial score (nSPS) is 20.9. The minimum Gasteiger partial charge on any atom is -0.508 e. The summed E-state index contributed by atoms with van der Waals surface area (Å²) in [4.78, 5) is 15.1. The molecule has 4 rings (SSSR count). The van der Waals surface area contributed by atoms with Gasteiger partial charge < -0.3 is 15.4 Å². The average molecular weight is 282 g/mol. The number of pyridine rings is 1. The molecule has 1 aliphatic carbocycles. The molecule has 2 aromatic rings. The molecular weight excluding hydrogens is 264 g/mol. The van der Waals surface area contributed by atoms with E-state index in [1.807, 2.05) is 6.07 Å². The molecule has 1 aromatic carbocycles. The molecule has 0 saturated carbocycles. The van der Waals surface area contributed by atoms with Crippen molar-refractivity contribution >= 4 is 10.9 Å². The number of phenols is 1. The Morgan fingerprint density at radius 1 is 1.14 bits per heavy atom. The van der Waals surface area contributed by atoms with Gasteiger partial charge in [0, 0.05) is 34.6 Å². The molecule has 2 heterocycles. The molecule has 0 spiro atoms. The fourth-order valence-corrected chi connectivity index (χ4v) is 3.69. The van der Waals surface area contributed by atoms with Gasteiger partial charge in [0.15, 0.2) is 0 Å². The molecule has 2 aliphatic rings. The third-order valence-corrected chi connectivity index (χ3v) is 4.63. The summed E-state index contributed by atoms with van der Waals surface area (Å²) in [7, 11) is 0. The summed E-state index contributed by atoms with van der Waals surface area (Å²) in [5.41, 5.74) is 3.84. The maximum Gasteiger partial charge on any atom is 0.251 e. The molecule has 0 radical (unpaired) electrons. The summed E-state index contributed by atoms with van der Waals surface area (Å²) in [6.07, 6.45) is 7.89. The molecule has 4 heteroatoms. The van der Waals surface area contributed by atoms with E-state index in [2.05, 4.69) is 22.5 Å². The Bertz CT molecular complexity index is 805. The van der Waals surface area contributed by atoms with E-state index in [9.17, 15) is 9.90 Å². The Kier molecular flexibility index (Phi) is 2.86.